The van der Waals surface area contributed by atoms with E-state index in [0.717, 1.165) is 0 Å². The lowest BCUT2D eigenvalue weighted by molar-refractivity contribution is -0.144. The average Bonchev–Trinajstić information content (AvgIpc) is 2.75. The molecular weight excluding hydrogens is 412 g/mol. The molecule has 0 spiro atoms. The first-order valence-corrected chi connectivity index (χ1v) is 10.8. The van der Waals surface area contributed by atoms with E-state index in [4.69, 9.17) is 9.47 Å². The van der Waals surface area contributed by atoms with Gasteiger partial charge in [-0.15, -0.1) is 0 Å². The summed E-state index contributed by atoms with van der Waals surface area (Å²) < 4.78 is 38.1. The van der Waals surface area contributed by atoms with Crippen LogP contribution in [0.5, 0.6) is 11.5 Å². The highest BCUT2D eigenvalue weighted by molar-refractivity contribution is 7.89. The van der Waals surface area contributed by atoms with Crippen molar-refractivity contribution < 1.29 is 32.6 Å². The minimum absolute atomic E-state index is 0.131. The lowest BCUT2D eigenvalue weighted by atomic mass is 10.2. The second kappa shape index (κ2) is 9.70. The Morgan fingerprint density at radius 2 is 1.63 bits per heavy atom. The van der Waals surface area contributed by atoms with Crippen molar-refractivity contribution in [3.8, 4) is 11.5 Å². The van der Waals surface area contributed by atoms with Crippen LogP contribution in [0.4, 0.5) is 0 Å². The molecule has 1 aliphatic heterocycles. The van der Waals surface area contributed by atoms with Gasteiger partial charge in [-0.2, -0.15) is 4.72 Å². The van der Waals surface area contributed by atoms with Crippen LogP contribution in [0.1, 0.15) is 6.42 Å². The van der Waals surface area contributed by atoms with Crippen molar-refractivity contribution in [1.29, 1.82) is 0 Å². The molecule has 160 valence electrons. The van der Waals surface area contributed by atoms with Gasteiger partial charge in [0, 0.05) is 13.1 Å². The Labute approximate surface area is 174 Å². The van der Waals surface area contributed by atoms with E-state index in [2.05, 4.69) is 4.72 Å². The zero-order valence-electron chi connectivity index (χ0n) is 16.1. The van der Waals surface area contributed by atoms with Gasteiger partial charge >= 0.3 is 5.97 Å². The molecule has 0 unspecified atom stereocenters. The molecule has 30 heavy (non-hydrogen) atoms. The number of para-hydroxylation sites is 1. The van der Waals surface area contributed by atoms with Gasteiger partial charge in [0.05, 0.1) is 24.5 Å². The molecule has 9 nitrogen and oxygen atoms in total. The van der Waals surface area contributed by atoms with Gasteiger partial charge in [-0.3, -0.25) is 9.59 Å². The molecule has 0 saturated carbocycles. The van der Waals surface area contributed by atoms with Crippen molar-refractivity contribution >= 4 is 21.9 Å². The highest BCUT2D eigenvalue weighted by atomic mass is 32.2. The Morgan fingerprint density at radius 1 is 1.03 bits per heavy atom. The smallest absolute Gasteiger partial charge is 0.322 e. The third kappa shape index (κ3) is 5.78. The van der Waals surface area contributed by atoms with Crippen LogP contribution in [0.3, 0.4) is 0 Å². The monoisotopic (exact) mass is 434 g/mol. The number of nitrogens with one attached hydrogen (secondary N) is 1. The summed E-state index contributed by atoms with van der Waals surface area (Å²) >= 11 is 0. The molecule has 1 heterocycles. The Morgan fingerprint density at radius 3 is 2.23 bits per heavy atom. The quantitative estimate of drug-likeness (QED) is 0.645. The Kier molecular flexibility index (Phi) is 7.03. The molecule has 2 aromatic carbocycles. The molecule has 0 aliphatic carbocycles. The van der Waals surface area contributed by atoms with Gasteiger partial charge in [0.2, 0.25) is 15.9 Å². The zero-order valence-corrected chi connectivity index (χ0v) is 16.9. The number of benzene rings is 2. The number of sulfonamides is 1. The van der Waals surface area contributed by atoms with Gasteiger partial charge in [0.25, 0.3) is 0 Å². The summed E-state index contributed by atoms with van der Waals surface area (Å²) in [5.74, 6) is -0.847. The van der Waals surface area contributed by atoms with E-state index in [1.165, 1.54) is 29.2 Å². The standard InChI is InChI=1S/C20H22N2O7S/c23-19(22-10-12-28-13-11-22)14-18(20(24)25)21-30(26,27)17-8-6-16(7-9-17)29-15-4-2-1-3-5-15/h1-9,18,21H,10-14H2,(H,24,25)/t18-/m1/s1. The number of nitrogens with zero attached hydrogens (tertiary/aromatic N) is 1. The number of amides is 1. The number of rotatable bonds is 8. The third-order valence-corrected chi connectivity index (χ3v) is 5.94. The van der Waals surface area contributed by atoms with Crippen LogP contribution in [0.25, 0.3) is 0 Å². The number of carbonyl (C=O) groups is 2. The number of ether oxygens (including phenoxy) is 2. The molecule has 1 fully saturated rings. The molecule has 1 amide bonds. The number of carbonyl (C=O) groups excluding carboxylic acids is 1. The fourth-order valence-corrected chi connectivity index (χ4v) is 4.05. The molecular formula is C20H22N2O7S. The van der Waals surface area contributed by atoms with Gasteiger partial charge in [0.15, 0.2) is 0 Å². The van der Waals surface area contributed by atoms with E-state index < -0.39 is 34.4 Å². The fourth-order valence-electron chi connectivity index (χ4n) is 2.86. The highest BCUT2D eigenvalue weighted by Crippen LogP contribution is 2.22. The summed E-state index contributed by atoms with van der Waals surface area (Å²) in [6.45, 7) is 1.43. The summed E-state index contributed by atoms with van der Waals surface area (Å²) in [6.07, 6.45) is -0.482. The number of carboxylic acids is 1. The molecule has 3 rings (SSSR count). The van der Waals surface area contributed by atoms with Crippen LogP contribution in [0, 0.1) is 0 Å². The van der Waals surface area contributed by atoms with Gasteiger partial charge < -0.3 is 19.5 Å². The first-order valence-electron chi connectivity index (χ1n) is 9.29. The average molecular weight is 434 g/mol. The van der Waals surface area contributed by atoms with Crippen molar-refractivity contribution in [2.75, 3.05) is 26.3 Å². The maximum Gasteiger partial charge on any atom is 0.322 e. The predicted octanol–water partition coefficient (Wildman–Crippen LogP) is 1.46. The van der Waals surface area contributed by atoms with Crippen molar-refractivity contribution in [3.63, 3.8) is 0 Å². The largest absolute Gasteiger partial charge is 0.480 e. The molecule has 0 aromatic heterocycles. The Balaban J connectivity index is 1.66. The van der Waals surface area contributed by atoms with E-state index >= 15 is 0 Å². The minimum atomic E-state index is -4.15. The summed E-state index contributed by atoms with van der Waals surface area (Å²) in [4.78, 5) is 25.2. The molecule has 1 atom stereocenters. The van der Waals surface area contributed by atoms with Gasteiger partial charge in [0.1, 0.15) is 17.5 Å². The lowest BCUT2D eigenvalue weighted by Gasteiger charge is -2.28. The molecule has 1 aliphatic rings. The third-order valence-electron chi connectivity index (χ3n) is 4.45. The van der Waals surface area contributed by atoms with E-state index in [1.807, 2.05) is 18.2 Å². The summed E-state index contributed by atoms with van der Waals surface area (Å²) in [6, 6.07) is 13.0. The number of aliphatic carboxylic acids is 1. The summed E-state index contributed by atoms with van der Waals surface area (Å²) in [7, 11) is -4.15. The molecule has 0 radical (unpaired) electrons. The van der Waals surface area contributed by atoms with Crippen LogP contribution >= 0.6 is 0 Å². The van der Waals surface area contributed by atoms with Gasteiger partial charge in [-0.25, -0.2) is 8.42 Å². The summed E-state index contributed by atoms with van der Waals surface area (Å²) in [5, 5.41) is 9.40. The molecule has 2 aromatic rings. The zero-order chi connectivity index (χ0) is 21.6. The van der Waals surface area contributed by atoms with Gasteiger partial charge in [-0.1, -0.05) is 18.2 Å². The van der Waals surface area contributed by atoms with Crippen molar-refractivity contribution in [1.82, 2.24) is 9.62 Å². The maximum absolute atomic E-state index is 12.6. The van der Waals surface area contributed by atoms with Gasteiger partial charge in [-0.05, 0) is 36.4 Å². The Hall–Kier alpha value is -2.95. The topological polar surface area (TPSA) is 122 Å². The first-order chi connectivity index (χ1) is 14.3. The minimum Gasteiger partial charge on any atom is -0.480 e. The first kappa shape index (κ1) is 21.8. The van der Waals surface area contributed by atoms with Crippen molar-refractivity contribution in [3.05, 3.63) is 54.6 Å². The second-order valence-electron chi connectivity index (χ2n) is 6.60. The number of carboxylic acid groups (broad SMARTS) is 1. The SMILES string of the molecule is O=C(O)[C@@H](CC(=O)N1CCOCC1)NS(=O)(=O)c1ccc(Oc2ccccc2)cc1. The molecule has 1 saturated heterocycles. The van der Waals surface area contributed by atoms with Crippen LogP contribution < -0.4 is 9.46 Å². The molecule has 0 bridgehead atoms. The van der Waals surface area contributed by atoms with Crippen LogP contribution in [0.2, 0.25) is 0 Å². The Bertz CT molecular complexity index is 972. The van der Waals surface area contributed by atoms with E-state index in [0.29, 0.717) is 37.8 Å². The molecule has 2 N–H and O–H groups in total. The van der Waals surface area contributed by atoms with Crippen LogP contribution in [-0.4, -0.2) is 62.6 Å². The lowest BCUT2D eigenvalue weighted by Crippen LogP contribution is -2.47. The van der Waals surface area contributed by atoms with Crippen molar-refractivity contribution in [2.24, 2.45) is 0 Å². The second-order valence-corrected chi connectivity index (χ2v) is 8.31. The highest BCUT2D eigenvalue weighted by Gasteiger charge is 2.30. The molecule has 10 heteroatoms. The van der Waals surface area contributed by atoms with Crippen LogP contribution in [0.15, 0.2) is 59.5 Å². The predicted molar refractivity (Wildman–Crippen MR) is 107 cm³/mol. The number of hydrogen-bond donors (Lipinski definition) is 2. The number of morpholine rings is 1. The van der Waals surface area contributed by atoms with Crippen LogP contribution in [-0.2, 0) is 24.3 Å². The normalized spacial score (nSPS) is 15.4. The van der Waals surface area contributed by atoms with Crippen molar-refractivity contribution in [2.45, 2.75) is 17.4 Å². The maximum atomic E-state index is 12.6. The summed E-state index contributed by atoms with van der Waals surface area (Å²) in [5.41, 5.74) is 0. The van der Waals surface area contributed by atoms with E-state index in [1.54, 1.807) is 12.1 Å². The number of hydrogen-bond acceptors (Lipinski definition) is 6. The fraction of sp³-hybridized carbons (Fsp3) is 0.300. The van der Waals surface area contributed by atoms with E-state index in [-0.39, 0.29) is 4.90 Å². The van der Waals surface area contributed by atoms with E-state index in [9.17, 15) is 23.1 Å².